The highest BCUT2D eigenvalue weighted by atomic mass is 19.4. The van der Waals surface area contributed by atoms with Crippen LogP contribution < -0.4 is 0 Å². The standard InChI is InChI=1S/C17H20F3NO3/c1-12(13-5-3-2-4-6-13)7-8-14(22)21-10-9-16(11-21,15(23)24)17(18,19)20/h2-6,12H,7-11H2,1H3,(H,23,24). The third-order valence-corrected chi connectivity index (χ3v) is 4.73. The van der Waals surface area contributed by atoms with E-state index in [0.717, 1.165) is 10.5 Å². The molecule has 0 saturated carbocycles. The molecule has 0 spiro atoms. The molecule has 0 aromatic heterocycles. The Labute approximate surface area is 138 Å². The van der Waals surface area contributed by atoms with Crippen LogP contribution in [0.2, 0.25) is 0 Å². The molecule has 24 heavy (non-hydrogen) atoms. The molecule has 0 bridgehead atoms. The van der Waals surface area contributed by atoms with Crippen LogP contribution in [-0.2, 0) is 9.59 Å². The number of alkyl halides is 3. The minimum atomic E-state index is -4.87. The average Bonchev–Trinajstić information content (AvgIpc) is 3.00. The van der Waals surface area contributed by atoms with Gasteiger partial charge >= 0.3 is 12.1 Å². The van der Waals surface area contributed by atoms with E-state index in [2.05, 4.69) is 0 Å². The van der Waals surface area contributed by atoms with E-state index in [4.69, 9.17) is 5.11 Å². The number of carboxylic acid groups (broad SMARTS) is 1. The molecule has 1 aliphatic rings. The number of carboxylic acids is 1. The van der Waals surface area contributed by atoms with Crippen LogP contribution in [-0.4, -0.2) is 41.1 Å². The van der Waals surface area contributed by atoms with Gasteiger partial charge in [0.1, 0.15) is 0 Å². The minimum Gasteiger partial charge on any atom is -0.481 e. The van der Waals surface area contributed by atoms with Crippen molar-refractivity contribution in [1.29, 1.82) is 0 Å². The summed E-state index contributed by atoms with van der Waals surface area (Å²) < 4.78 is 39.4. The Kier molecular flexibility index (Phi) is 5.20. The maximum absolute atomic E-state index is 13.1. The predicted molar refractivity (Wildman–Crippen MR) is 81.4 cm³/mol. The van der Waals surface area contributed by atoms with E-state index in [9.17, 15) is 22.8 Å². The van der Waals surface area contributed by atoms with E-state index in [1.54, 1.807) is 0 Å². The Balaban J connectivity index is 1.96. The summed E-state index contributed by atoms with van der Waals surface area (Å²) in [7, 11) is 0. The summed E-state index contributed by atoms with van der Waals surface area (Å²) in [5.41, 5.74) is -1.78. The molecule has 1 aromatic carbocycles. The van der Waals surface area contributed by atoms with Crippen LogP contribution in [0.1, 0.15) is 37.7 Å². The molecule has 1 saturated heterocycles. The topological polar surface area (TPSA) is 57.6 Å². The number of carbonyl (C=O) groups excluding carboxylic acids is 1. The lowest BCUT2D eigenvalue weighted by Gasteiger charge is -2.27. The van der Waals surface area contributed by atoms with E-state index in [-0.39, 0.29) is 18.9 Å². The number of likely N-dealkylation sites (tertiary alicyclic amines) is 1. The Bertz CT molecular complexity index is 603. The molecule has 1 fully saturated rings. The Morgan fingerprint density at radius 3 is 2.42 bits per heavy atom. The highest BCUT2D eigenvalue weighted by Gasteiger charge is 2.64. The molecule has 0 aliphatic carbocycles. The van der Waals surface area contributed by atoms with Gasteiger partial charge in [-0.15, -0.1) is 0 Å². The second kappa shape index (κ2) is 6.83. The van der Waals surface area contributed by atoms with Crippen LogP contribution in [0.4, 0.5) is 13.2 Å². The highest BCUT2D eigenvalue weighted by Crippen LogP contribution is 2.45. The van der Waals surface area contributed by atoms with Crippen molar-refractivity contribution in [1.82, 2.24) is 4.90 Å². The van der Waals surface area contributed by atoms with E-state index in [1.165, 1.54) is 0 Å². The van der Waals surface area contributed by atoms with E-state index in [0.29, 0.717) is 6.42 Å². The monoisotopic (exact) mass is 343 g/mol. The molecule has 1 aromatic rings. The van der Waals surface area contributed by atoms with Gasteiger partial charge in [-0.25, -0.2) is 0 Å². The van der Waals surface area contributed by atoms with Crippen molar-refractivity contribution in [2.45, 2.75) is 38.3 Å². The normalized spacial score (nSPS) is 22.4. The smallest absolute Gasteiger partial charge is 0.406 e. The SMILES string of the molecule is CC(CCC(=O)N1CCC(C(=O)O)(C(F)(F)F)C1)c1ccccc1. The molecule has 1 amide bonds. The first-order valence-corrected chi connectivity index (χ1v) is 7.80. The van der Waals surface area contributed by atoms with E-state index in [1.807, 2.05) is 37.3 Å². The quantitative estimate of drug-likeness (QED) is 0.891. The second-order valence-corrected chi connectivity index (χ2v) is 6.30. The molecule has 2 rings (SSSR count). The van der Waals surface area contributed by atoms with Crippen molar-refractivity contribution in [2.24, 2.45) is 5.41 Å². The maximum atomic E-state index is 13.1. The largest absolute Gasteiger partial charge is 0.481 e. The maximum Gasteiger partial charge on any atom is 0.406 e. The molecule has 0 radical (unpaired) electrons. The van der Waals surface area contributed by atoms with Crippen molar-refractivity contribution in [3.63, 3.8) is 0 Å². The molecule has 4 nitrogen and oxygen atoms in total. The second-order valence-electron chi connectivity index (χ2n) is 6.30. The number of carbonyl (C=O) groups is 2. The van der Waals surface area contributed by atoms with Crippen molar-refractivity contribution in [3.8, 4) is 0 Å². The summed E-state index contributed by atoms with van der Waals surface area (Å²) in [6.45, 7) is 0.971. The lowest BCUT2D eigenvalue weighted by atomic mass is 9.86. The number of nitrogens with zero attached hydrogens (tertiary/aromatic N) is 1. The number of hydrogen-bond donors (Lipinski definition) is 1. The van der Waals surface area contributed by atoms with Gasteiger partial charge in [-0.2, -0.15) is 13.2 Å². The molecule has 2 unspecified atom stereocenters. The van der Waals surface area contributed by atoms with Crippen molar-refractivity contribution < 1.29 is 27.9 Å². The molecular formula is C17H20F3NO3. The third-order valence-electron chi connectivity index (χ3n) is 4.73. The fourth-order valence-corrected chi connectivity index (χ4v) is 3.00. The van der Waals surface area contributed by atoms with Gasteiger partial charge in [0, 0.05) is 19.5 Å². The third kappa shape index (κ3) is 3.55. The number of amides is 1. The summed E-state index contributed by atoms with van der Waals surface area (Å²) >= 11 is 0. The number of halogens is 3. The molecule has 1 heterocycles. The Hall–Kier alpha value is -2.05. The molecule has 1 aliphatic heterocycles. The zero-order valence-corrected chi connectivity index (χ0v) is 13.3. The minimum absolute atomic E-state index is 0.101. The van der Waals surface area contributed by atoms with Crippen LogP contribution in [0.25, 0.3) is 0 Å². The van der Waals surface area contributed by atoms with Gasteiger partial charge in [0.2, 0.25) is 5.91 Å². The molecule has 132 valence electrons. The summed E-state index contributed by atoms with van der Waals surface area (Å²) in [6.07, 6.45) is -4.86. The lowest BCUT2D eigenvalue weighted by Crippen LogP contribution is -2.47. The number of benzene rings is 1. The molecule has 7 heteroatoms. The molecule has 1 N–H and O–H groups in total. The number of aliphatic carboxylic acids is 1. The number of rotatable bonds is 5. The summed E-state index contributed by atoms with van der Waals surface area (Å²) in [6, 6.07) is 9.53. The summed E-state index contributed by atoms with van der Waals surface area (Å²) in [4.78, 5) is 24.3. The Morgan fingerprint density at radius 1 is 1.29 bits per heavy atom. The van der Waals surface area contributed by atoms with Crippen LogP contribution in [0.15, 0.2) is 30.3 Å². The first-order chi connectivity index (χ1) is 11.2. The Morgan fingerprint density at radius 2 is 1.92 bits per heavy atom. The van der Waals surface area contributed by atoms with Gasteiger partial charge in [0.15, 0.2) is 5.41 Å². The van der Waals surface area contributed by atoms with Crippen molar-refractivity contribution >= 4 is 11.9 Å². The summed E-state index contributed by atoms with van der Waals surface area (Å²) in [5, 5.41) is 9.01. The van der Waals surface area contributed by atoms with Gasteiger partial charge in [0.25, 0.3) is 0 Å². The van der Waals surface area contributed by atoms with Gasteiger partial charge in [-0.05, 0) is 24.3 Å². The van der Waals surface area contributed by atoms with Crippen molar-refractivity contribution in [2.75, 3.05) is 13.1 Å². The van der Waals surface area contributed by atoms with Crippen LogP contribution >= 0.6 is 0 Å². The first-order valence-electron chi connectivity index (χ1n) is 7.80. The highest BCUT2D eigenvalue weighted by molar-refractivity contribution is 5.81. The number of hydrogen-bond acceptors (Lipinski definition) is 2. The van der Waals surface area contributed by atoms with E-state index < -0.39 is 36.4 Å². The van der Waals surface area contributed by atoms with Crippen LogP contribution in [0, 0.1) is 5.41 Å². The lowest BCUT2D eigenvalue weighted by molar-refractivity contribution is -0.227. The average molecular weight is 343 g/mol. The van der Waals surface area contributed by atoms with Gasteiger partial charge in [-0.1, -0.05) is 37.3 Å². The van der Waals surface area contributed by atoms with Crippen molar-refractivity contribution in [3.05, 3.63) is 35.9 Å². The van der Waals surface area contributed by atoms with Gasteiger partial charge < -0.3 is 10.0 Å². The van der Waals surface area contributed by atoms with Gasteiger partial charge in [0.05, 0.1) is 0 Å². The van der Waals surface area contributed by atoms with E-state index >= 15 is 0 Å². The predicted octanol–water partition coefficient (Wildman–Crippen LogP) is 3.44. The first kappa shape index (κ1) is 18.3. The van der Waals surface area contributed by atoms with Gasteiger partial charge in [-0.3, -0.25) is 9.59 Å². The summed E-state index contributed by atoms with van der Waals surface area (Å²) in [5.74, 6) is -2.24. The van der Waals surface area contributed by atoms with Crippen LogP contribution in [0.5, 0.6) is 0 Å². The molecule has 2 atom stereocenters. The fourth-order valence-electron chi connectivity index (χ4n) is 3.00. The van der Waals surface area contributed by atoms with Crippen LogP contribution in [0.3, 0.4) is 0 Å². The molecular weight excluding hydrogens is 323 g/mol. The zero-order valence-electron chi connectivity index (χ0n) is 13.3. The zero-order chi connectivity index (χ0) is 18.0. The fraction of sp³-hybridized carbons (Fsp3) is 0.529.